The van der Waals surface area contributed by atoms with Gasteiger partial charge in [-0.25, -0.2) is 0 Å². The fourth-order valence-electron chi connectivity index (χ4n) is 2.25. The number of hydrogen-bond donors (Lipinski definition) is 0. The van der Waals surface area contributed by atoms with E-state index in [0.717, 1.165) is 11.3 Å². The Morgan fingerprint density at radius 1 is 1.04 bits per heavy atom. The molecule has 2 aromatic rings. The Labute approximate surface area is 156 Å². The van der Waals surface area contributed by atoms with E-state index in [2.05, 4.69) is 0 Å². The van der Waals surface area contributed by atoms with Crippen molar-refractivity contribution in [1.82, 2.24) is 4.90 Å². The predicted octanol–water partition coefficient (Wildman–Crippen LogP) is 3.98. The highest BCUT2D eigenvalue weighted by Crippen LogP contribution is 2.33. The van der Waals surface area contributed by atoms with E-state index in [1.54, 1.807) is 7.05 Å². The second-order valence-electron chi connectivity index (χ2n) is 5.29. The molecular weight excluding hydrogens is 354 g/mol. The molecule has 0 spiro atoms. The molecule has 3 rings (SSSR count). The van der Waals surface area contributed by atoms with Crippen molar-refractivity contribution in [2.75, 3.05) is 20.3 Å². The maximum absolute atomic E-state index is 12.1. The van der Waals surface area contributed by atoms with Gasteiger partial charge in [-0.05, 0) is 24.3 Å². The summed E-state index contributed by atoms with van der Waals surface area (Å²) in [6.07, 6.45) is 1.82. The van der Waals surface area contributed by atoms with Crippen LogP contribution in [0.25, 0.3) is 6.08 Å². The number of para-hydroxylation sites is 2. The first-order chi connectivity index (χ1) is 12.1. The zero-order valence-corrected chi connectivity index (χ0v) is 15.3. The topological polar surface area (TPSA) is 38.8 Å². The largest absolute Gasteiger partial charge is 0.490 e. The van der Waals surface area contributed by atoms with Crippen molar-refractivity contribution in [2.45, 2.75) is 0 Å². The highest BCUT2D eigenvalue weighted by molar-refractivity contribution is 8.26. The summed E-state index contributed by atoms with van der Waals surface area (Å²) < 4.78 is 12.0. The van der Waals surface area contributed by atoms with Crippen LogP contribution >= 0.6 is 24.0 Å². The van der Waals surface area contributed by atoms with Gasteiger partial charge < -0.3 is 9.47 Å². The summed E-state index contributed by atoms with van der Waals surface area (Å²) in [5.74, 6) is 1.43. The van der Waals surface area contributed by atoms with E-state index in [1.807, 2.05) is 60.7 Å². The number of likely N-dealkylation sites (N-methyl/N-ethyl adjacent to an activating group) is 1. The third kappa shape index (κ3) is 4.41. The Morgan fingerprint density at radius 2 is 1.72 bits per heavy atom. The predicted molar refractivity (Wildman–Crippen MR) is 105 cm³/mol. The van der Waals surface area contributed by atoms with Crippen LogP contribution in [0.4, 0.5) is 0 Å². The van der Waals surface area contributed by atoms with E-state index < -0.39 is 0 Å². The lowest BCUT2D eigenvalue weighted by atomic mass is 10.2. The lowest BCUT2D eigenvalue weighted by Gasteiger charge is -2.10. The number of carbonyl (C=O) groups is 1. The van der Waals surface area contributed by atoms with Crippen LogP contribution in [0, 0.1) is 0 Å². The summed E-state index contributed by atoms with van der Waals surface area (Å²) >= 11 is 6.46. The van der Waals surface area contributed by atoms with Crippen molar-refractivity contribution in [2.24, 2.45) is 0 Å². The number of nitrogens with zero attached hydrogens (tertiary/aromatic N) is 1. The normalized spacial score (nSPS) is 15.7. The molecule has 0 aromatic heterocycles. The van der Waals surface area contributed by atoms with Crippen molar-refractivity contribution in [1.29, 1.82) is 0 Å². The van der Waals surface area contributed by atoms with Gasteiger partial charge >= 0.3 is 0 Å². The molecule has 0 saturated carbocycles. The van der Waals surface area contributed by atoms with Crippen LogP contribution in [-0.4, -0.2) is 35.4 Å². The molecular formula is C19H17NO3S2. The van der Waals surface area contributed by atoms with E-state index in [1.165, 1.54) is 16.7 Å². The number of ether oxygens (including phenoxy) is 2. The molecule has 128 valence electrons. The second kappa shape index (κ2) is 8.18. The van der Waals surface area contributed by atoms with Gasteiger partial charge in [-0.1, -0.05) is 60.4 Å². The molecule has 0 atom stereocenters. The maximum Gasteiger partial charge on any atom is 0.265 e. The number of benzene rings is 2. The number of thioether (sulfide) groups is 1. The van der Waals surface area contributed by atoms with Crippen LogP contribution in [0.2, 0.25) is 0 Å². The Hall–Kier alpha value is -2.31. The second-order valence-corrected chi connectivity index (χ2v) is 6.96. The SMILES string of the molecule is CN1C(=O)/C(=C\c2ccccc2OCCOc2ccccc2)SC1=S. The fraction of sp³-hybridized carbons (Fsp3) is 0.158. The van der Waals surface area contributed by atoms with Crippen molar-refractivity contribution in [3.05, 3.63) is 65.1 Å². The minimum atomic E-state index is -0.0859. The van der Waals surface area contributed by atoms with Crippen molar-refractivity contribution in [3.8, 4) is 11.5 Å². The summed E-state index contributed by atoms with van der Waals surface area (Å²) in [6.45, 7) is 0.851. The molecule has 1 aliphatic rings. The minimum absolute atomic E-state index is 0.0859. The van der Waals surface area contributed by atoms with Gasteiger partial charge in [0.25, 0.3) is 5.91 Å². The van der Waals surface area contributed by atoms with Gasteiger partial charge in [0, 0.05) is 12.6 Å². The molecule has 6 heteroatoms. The lowest BCUT2D eigenvalue weighted by molar-refractivity contribution is -0.121. The molecule has 1 fully saturated rings. The first-order valence-corrected chi connectivity index (χ1v) is 8.99. The Bertz CT molecular complexity index is 805. The fourth-order valence-corrected chi connectivity index (χ4v) is 3.42. The van der Waals surface area contributed by atoms with Gasteiger partial charge in [-0.15, -0.1) is 0 Å². The third-order valence-corrected chi connectivity index (χ3v) is 5.03. The van der Waals surface area contributed by atoms with E-state index in [0.29, 0.717) is 28.2 Å². The van der Waals surface area contributed by atoms with Crippen molar-refractivity contribution >= 4 is 40.3 Å². The molecule has 1 saturated heterocycles. The van der Waals surface area contributed by atoms with Gasteiger partial charge in [-0.3, -0.25) is 9.69 Å². The van der Waals surface area contributed by atoms with Crippen LogP contribution in [0.1, 0.15) is 5.56 Å². The Balaban J connectivity index is 1.63. The first kappa shape index (κ1) is 17.5. The lowest BCUT2D eigenvalue weighted by Crippen LogP contribution is -2.22. The zero-order chi connectivity index (χ0) is 17.6. The zero-order valence-electron chi connectivity index (χ0n) is 13.7. The van der Waals surface area contributed by atoms with Gasteiger partial charge in [0.15, 0.2) is 0 Å². The minimum Gasteiger partial charge on any atom is -0.490 e. The molecule has 1 aliphatic heterocycles. The average Bonchev–Trinajstić information content (AvgIpc) is 2.88. The number of thiocarbonyl (C=S) groups is 1. The quantitative estimate of drug-likeness (QED) is 0.436. The third-order valence-electron chi connectivity index (χ3n) is 3.54. The van der Waals surface area contributed by atoms with Gasteiger partial charge in [0.05, 0.1) is 4.91 Å². The van der Waals surface area contributed by atoms with Gasteiger partial charge in [-0.2, -0.15) is 0 Å². The van der Waals surface area contributed by atoms with E-state index in [4.69, 9.17) is 21.7 Å². The highest BCUT2D eigenvalue weighted by atomic mass is 32.2. The van der Waals surface area contributed by atoms with Gasteiger partial charge in [0.1, 0.15) is 29.0 Å². The van der Waals surface area contributed by atoms with Crippen LogP contribution in [-0.2, 0) is 4.79 Å². The Kier molecular flexibility index (Phi) is 5.73. The molecule has 25 heavy (non-hydrogen) atoms. The maximum atomic E-state index is 12.1. The standard InChI is InChI=1S/C19H17NO3S2/c1-20-18(21)17(25-19(20)24)13-14-7-5-6-10-16(14)23-12-11-22-15-8-3-2-4-9-15/h2-10,13H,11-12H2,1H3/b17-13+. The summed E-state index contributed by atoms with van der Waals surface area (Å²) in [5, 5.41) is 0. The highest BCUT2D eigenvalue weighted by Gasteiger charge is 2.28. The molecule has 1 amide bonds. The average molecular weight is 371 g/mol. The van der Waals surface area contributed by atoms with Gasteiger partial charge in [0.2, 0.25) is 0 Å². The van der Waals surface area contributed by atoms with Crippen molar-refractivity contribution < 1.29 is 14.3 Å². The van der Waals surface area contributed by atoms with E-state index in [-0.39, 0.29) is 5.91 Å². The first-order valence-electron chi connectivity index (χ1n) is 7.76. The number of rotatable bonds is 6. The summed E-state index contributed by atoms with van der Waals surface area (Å²) in [7, 11) is 1.68. The van der Waals surface area contributed by atoms with E-state index >= 15 is 0 Å². The summed E-state index contributed by atoms with van der Waals surface area (Å²) in [4.78, 5) is 14.2. The van der Waals surface area contributed by atoms with Crippen LogP contribution in [0.15, 0.2) is 59.5 Å². The molecule has 0 N–H and O–H groups in total. The smallest absolute Gasteiger partial charge is 0.265 e. The summed E-state index contributed by atoms with van der Waals surface area (Å²) in [6, 6.07) is 17.2. The molecule has 4 nitrogen and oxygen atoms in total. The van der Waals surface area contributed by atoms with Crippen LogP contribution < -0.4 is 9.47 Å². The molecule has 0 radical (unpaired) electrons. The van der Waals surface area contributed by atoms with E-state index in [9.17, 15) is 4.79 Å². The number of amides is 1. The number of hydrogen-bond acceptors (Lipinski definition) is 5. The summed E-state index contributed by atoms with van der Waals surface area (Å²) in [5.41, 5.74) is 0.844. The van der Waals surface area contributed by atoms with Crippen molar-refractivity contribution in [3.63, 3.8) is 0 Å². The van der Waals surface area contributed by atoms with Crippen LogP contribution in [0.3, 0.4) is 0 Å². The molecule has 1 heterocycles. The van der Waals surface area contributed by atoms with Crippen LogP contribution in [0.5, 0.6) is 11.5 Å². The molecule has 0 unspecified atom stereocenters. The number of carbonyl (C=O) groups excluding carboxylic acids is 1. The molecule has 0 bridgehead atoms. The Morgan fingerprint density at radius 3 is 2.44 bits per heavy atom. The molecule has 2 aromatic carbocycles. The molecule has 0 aliphatic carbocycles. The monoisotopic (exact) mass is 371 g/mol.